The first kappa shape index (κ1) is 18.7. The number of hydrazine groups is 1. The molecule has 3 rings (SSSR count). The fraction of sp³-hybridized carbons (Fsp3) is 0.263. The minimum Gasteiger partial charge on any atom is -0.314 e. The standard InChI is InChI=1S/C19H19FN4O3/c1-10-7-12(14(20)9-22-10)17(26)24(21)16(25)11-5-6-13-15(8-11)23(4)18(27)19(13,2)3/h5-9H,21H2,1-4H3. The monoisotopic (exact) mass is 370 g/mol. The highest BCUT2D eigenvalue weighted by atomic mass is 19.1. The average Bonchev–Trinajstić information content (AvgIpc) is 2.82. The predicted octanol–water partition coefficient (Wildman–Crippen LogP) is 1.94. The van der Waals surface area contributed by atoms with Gasteiger partial charge in [0.15, 0.2) is 5.82 Å². The molecule has 0 spiro atoms. The van der Waals surface area contributed by atoms with Crippen LogP contribution in [0.3, 0.4) is 0 Å². The highest BCUT2D eigenvalue weighted by molar-refractivity contribution is 6.12. The number of benzene rings is 1. The molecule has 0 atom stereocenters. The zero-order valence-electron chi connectivity index (χ0n) is 15.4. The van der Waals surface area contributed by atoms with Crippen molar-refractivity contribution in [2.24, 2.45) is 5.84 Å². The van der Waals surface area contributed by atoms with Crippen LogP contribution in [-0.4, -0.2) is 34.8 Å². The Bertz CT molecular complexity index is 987. The van der Waals surface area contributed by atoms with Gasteiger partial charge in [-0.2, -0.15) is 0 Å². The third-order valence-corrected chi connectivity index (χ3v) is 4.78. The molecule has 8 heteroatoms. The third kappa shape index (κ3) is 2.87. The molecular weight excluding hydrogens is 351 g/mol. The fourth-order valence-corrected chi connectivity index (χ4v) is 3.18. The summed E-state index contributed by atoms with van der Waals surface area (Å²) in [4.78, 5) is 42.6. The smallest absolute Gasteiger partial charge is 0.278 e. The lowest BCUT2D eigenvalue weighted by Gasteiger charge is -2.17. The molecule has 0 unspecified atom stereocenters. The molecule has 0 radical (unpaired) electrons. The van der Waals surface area contributed by atoms with Gasteiger partial charge in [-0.15, -0.1) is 0 Å². The molecule has 27 heavy (non-hydrogen) atoms. The number of anilines is 1. The largest absolute Gasteiger partial charge is 0.314 e. The van der Waals surface area contributed by atoms with Crippen LogP contribution in [0.4, 0.5) is 10.1 Å². The summed E-state index contributed by atoms with van der Waals surface area (Å²) < 4.78 is 13.9. The number of hydrogen-bond acceptors (Lipinski definition) is 5. The maximum absolute atomic E-state index is 13.9. The van der Waals surface area contributed by atoms with E-state index in [0.29, 0.717) is 16.4 Å². The van der Waals surface area contributed by atoms with E-state index in [1.807, 2.05) is 0 Å². The Hall–Kier alpha value is -3.13. The molecule has 1 aromatic carbocycles. The summed E-state index contributed by atoms with van der Waals surface area (Å²) in [5, 5.41) is 0.363. The quantitative estimate of drug-likeness (QED) is 0.377. The first-order chi connectivity index (χ1) is 12.6. The summed E-state index contributed by atoms with van der Waals surface area (Å²) in [5.74, 6) is 2.92. The molecule has 1 aromatic heterocycles. The number of likely N-dealkylation sites (N-methyl/N-ethyl adjacent to an activating group) is 1. The van der Waals surface area contributed by atoms with Gasteiger partial charge in [-0.05, 0) is 44.5 Å². The zero-order valence-corrected chi connectivity index (χ0v) is 15.4. The van der Waals surface area contributed by atoms with Crippen molar-refractivity contribution in [3.8, 4) is 0 Å². The molecule has 1 aliphatic heterocycles. The lowest BCUT2D eigenvalue weighted by molar-refractivity contribution is -0.121. The number of amides is 3. The Morgan fingerprint density at radius 2 is 1.89 bits per heavy atom. The van der Waals surface area contributed by atoms with E-state index >= 15 is 0 Å². The van der Waals surface area contributed by atoms with Gasteiger partial charge in [-0.1, -0.05) is 6.07 Å². The summed E-state index contributed by atoms with van der Waals surface area (Å²) in [7, 11) is 1.62. The zero-order chi connectivity index (χ0) is 20.1. The van der Waals surface area contributed by atoms with Gasteiger partial charge in [0.05, 0.1) is 17.2 Å². The van der Waals surface area contributed by atoms with Crippen molar-refractivity contribution >= 4 is 23.4 Å². The molecule has 0 aliphatic carbocycles. The first-order valence-electron chi connectivity index (χ1n) is 8.24. The van der Waals surface area contributed by atoms with Crippen LogP contribution in [0.25, 0.3) is 0 Å². The second-order valence-electron chi connectivity index (χ2n) is 7.01. The molecule has 7 nitrogen and oxygen atoms in total. The van der Waals surface area contributed by atoms with Gasteiger partial charge < -0.3 is 4.90 Å². The van der Waals surface area contributed by atoms with Gasteiger partial charge in [0, 0.05) is 24.0 Å². The van der Waals surface area contributed by atoms with Gasteiger partial charge in [0.2, 0.25) is 5.91 Å². The Labute approximate surface area is 155 Å². The second kappa shape index (κ2) is 6.24. The number of carbonyl (C=O) groups is 3. The topological polar surface area (TPSA) is 96.6 Å². The number of nitrogens with zero attached hydrogens (tertiary/aromatic N) is 3. The molecule has 0 fully saturated rings. The maximum atomic E-state index is 13.9. The summed E-state index contributed by atoms with van der Waals surface area (Å²) in [6.07, 6.45) is 0.902. The van der Waals surface area contributed by atoms with Crippen molar-refractivity contribution < 1.29 is 18.8 Å². The van der Waals surface area contributed by atoms with E-state index in [1.165, 1.54) is 23.1 Å². The number of aryl methyl sites for hydroxylation is 1. The summed E-state index contributed by atoms with van der Waals surface area (Å²) >= 11 is 0. The van der Waals surface area contributed by atoms with Crippen LogP contribution in [0.15, 0.2) is 30.5 Å². The van der Waals surface area contributed by atoms with Gasteiger partial charge in [-0.25, -0.2) is 15.2 Å². The Kier molecular flexibility index (Phi) is 4.31. The number of imide groups is 1. The van der Waals surface area contributed by atoms with Crippen molar-refractivity contribution in [3.63, 3.8) is 0 Å². The van der Waals surface area contributed by atoms with Gasteiger partial charge >= 0.3 is 0 Å². The molecular formula is C19H19FN4O3. The summed E-state index contributed by atoms with van der Waals surface area (Å²) in [6.45, 7) is 5.19. The van der Waals surface area contributed by atoms with Gasteiger partial charge in [0.1, 0.15) is 0 Å². The van der Waals surface area contributed by atoms with E-state index in [0.717, 1.165) is 11.8 Å². The van der Waals surface area contributed by atoms with Crippen LogP contribution in [0.5, 0.6) is 0 Å². The number of pyridine rings is 1. The van der Waals surface area contributed by atoms with Crippen molar-refractivity contribution in [1.82, 2.24) is 9.99 Å². The van der Waals surface area contributed by atoms with Crippen LogP contribution in [0.2, 0.25) is 0 Å². The average molecular weight is 370 g/mol. The van der Waals surface area contributed by atoms with E-state index in [-0.39, 0.29) is 17.0 Å². The molecule has 140 valence electrons. The predicted molar refractivity (Wildman–Crippen MR) is 96.5 cm³/mol. The summed E-state index contributed by atoms with van der Waals surface area (Å²) in [6, 6.07) is 5.89. The first-order valence-corrected chi connectivity index (χ1v) is 8.24. The molecule has 2 aromatic rings. The molecule has 3 amide bonds. The van der Waals surface area contributed by atoms with Crippen LogP contribution in [0, 0.1) is 12.7 Å². The van der Waals surface area contributed by atoms with Crippen molar-refractivity contribution in [2.45, 2.75) is 26.2 Å². The van der Waals surface area contributed by atoms with Gasteiger partial charge in [-0.3, -0.25) is 19.4 Å². The lowest BCUT2D eigenvalue weighted by Crippen LogP contribution is -2.43. The molecule has 1 aliphatic rings. The van der Waals surface area contributed by atoms with Crippen molar-refractivity contribution in [2.75, 3.05) is 11.9 Å². The minimum absolute atomic E-state index is 0.0999. The molecule has 0 bridgehead atoms. The lowest BCUT2D eigenvalue weighted by atomic mass is 9.86. The number of hydrogen-bond donors (Lipinski definition) is 1. The normalized spacial score (nSPS) is 14.9. The van der Waals surface area contributed by atoms with Crippen LogP contribution < -0.4 is 10.7 Å². The molecule has 0 saturated carbocycles. The fourth-order valence-electron chi connectivity index (χ4n) is 3.18. The van der Waals surface area contributed by atoms with E-state index < -0.39 is 23.0 Å². The van der Waals surface area contributed by atoms with Gasteiger partial charge in [0.25, 0.3) is 11.8 Å². The molecule has 2 N–H and O–H groups in total. The number of nitrogens with two attached hydrogens (primary N) is 1. The van der Waals surface area contributed by atoms with E-state index in [4.69, 9.17) is 5.84 Å². The Morgan fingerprint density at radius 3 is 2.56 bits per heavy atom. The third-order valence-electron chi connectivity index (χ3n) is 4.78. The highest BCUT2D eigenvalue weighted by Gasteiger charge is 2.42. The van der Waals surface area contributed by atoms with Crippen molar-refractivity contribution in [1.29, 1.82) is 0 Å². The number of rotatable bonds is 2. The molecule has 0 saturated heterocycles. The highest BCUT2D eigenvalue weighted by Crippen LogP contribution is 2.41. The molecule has 2 heterocycles. The maximum Gasteiger partial charge on any atom is 0.278 e. The SMILES string of the molecule is Cc1cc(C(=O)N(N)C(=O)c2ccc3c(c2)N(C)C(=O)C3(C)C)c(F)cn1. The van der Waals surface area contributed by atoms with Crippen molar-refractivity contribution in [3.05, 3.63) is 58.7 Å². The number of carbonyl (C=O) groups excluding carboxylic acids is 3. The van der Waals surface area contributed by atoms with Crippen LogP contribution >= 0.6 is 0 Å². The number of aromatic nitrogens is 1. The number of halogens is 1. The summed E-state index contributed by atoms with van der Waals surface area (Å²) in [5.41, 5.74) is 0.836. The van der Waals surface area contributed by atoms with E-state index in [1.54, 1.807) is 33.9 Å². The minimum atomic E-state index is -0.978. The van der Waals surface area contributed by atoms with Crippen LogP contribution in [0.1, 0.15) is 45.8 Å². The second-order valence-corrected chi connectivity index (χ2v) is 7.01. The number of fused-ring (bicyclic) bond motifs is 1. The van der Waals surface area contributed by atoms with E-state index in [9.17, 15) is 18.8 Å². The van der Waals surface area contributed by atoms with Crippen LogP contribution in [-0.2, 0) is 10.2 Å². The Morgan fingerprint density at radius 1 is 1.22 bits per heavy atom. The Balaban J connectivity index is 1.94. The van der Waals surface area contributed by atoms with E-state index in [2.05, 4.69) is 4.98 Å².